The van der Waals surface area contributed by atoms with Gasteiger partial charge in [0, 0.05) is 0 Å². The van der Waals surface area contributed by atoms with E-state index in [0.717, 1.165) is 35.4 Å². The van der Waals surface area contributed by atoms with Gasteiger partial charge in [0.15, 0.2) is 0 Å². The number of hydrogen-bond acceptors (Lipinski definition) is 2. The second-order valence-corrected chi connectivity index (χ2v) is 7.61. The molecule has 140 valence electrons. The van der Waals surface area contributed by atoms with Crippen molar-refractivity contribution in [1.29, 1.82) is 0 Å². The number of rotatable bonds is 5. The minimum atomic E-state index is -4.52. The molecular weight excluding hydrogens is 375 g/mol. The van der Waals surface area contributed by atoms with Gasteiger partial charge >= 0.3 is 6.18 Å². The summed E-state index contributed by atoms with van der Waals surface area (Å²) in [6.07, 6.45) is -4.52. The SMILES string of the molecule is O=S(=O)(NC(c1ccccc1)c1ccccc1)c1ccc(C(F)(F)F)cc1. The van der Waals surface area contributed by atoms with Crippen LogP contribution in [0.15, 0.2) is 89.8 Å². The second kappa shape index (κ2) is 7.54. The highest BCUT2D eigenvalue weighted by Gasteiger charge is 2.31. The van der Waals surface area contributed by atoms with E-state index in [0.29, 0.717) is 0 Å². The summed E-state index contributed by atoms with van der Waals surface area (Å²) in [5.74, 6) is 0. The Kier molecular flexibility index (Phi) is 5.34. The quantitative estimate of drug-likeness (QED) is 0.681. The predicted octanol–water partition coefficient (Wildman–Crippen LogP) is 4.77. The monoisotopic (exact) mass is 391 g/mol. The van der Waals surface area contributed by atoms with E-state index in [1.807, 2.05) is 12.1 Å². The fourth-order valence-corrected chi connectivity index (χ4v) is 3.88. The Labute approximate surface area is 155 Å². The fourth-order valence-electron chi connectivity index (χ4n) is 2.67. The number of alkyl halides is 3. The van der Waals surface area contributed by atoms with Gasteiger partial charge in [-0.25, -0.2) is 8.42 Å². The van der Waals surface area contributed by atoms with Gasteiger partial charge in [-0.3, -0.25) is 0 Å². The maximum Gasteiger partial charge on any atom is 0.416 e. The van der Waals surface area contributed by atoms with Crippen molar-refractivity contribution in [2.24, 2.45) is 0 Å². The van der Waals surface area contributed by atoms with Crippen LogP contribution in [0.5, 0.6) is 0 Å². The van der Waals surface area contributed by atoms with Crippen LogP contribution in [0.25, 0.3) is 0 Å². The molecule has 3 aromatic carbocycles. The molecule has 0 radical (unpaired) electrons. The highest BCUT2D eigenvalue weighted by molar-refractivity contribution is 7.89. The molecule has 0 saturated heterocycles. The second-order valence-electron chi connectivity index (χ2n) is 5.90. The summed E-state index contributed by atoms with van der Waals surface area (Å²) in [6, 6.07) is 20.7. The Hall–Kier alpha value is -2.64. The van der Waals surface area contributed by atoms with Gasteiger partial charge in [0.2, 0.25) is 10.0 Å². The van der Waals surface area contributed by atoms with Crippen LogP contribution in [0.3, 0.4) is 0 Å². The highest BCUT2D eigenvalue weighted by Crippen LogP contribution is 2.30. The van der Waals surface area contributed by atoms with Crippen LogP contribution in [0.2, 0.25) is 0 Å². The van der Waals surface area contributed by atoms with Gasteiger partial charge in [-0.2, -0.15) is 17.9 Å². The van der Waals surface area contributed by atoms with Crippen molar-refractivity contribution >= 4 is 10.0 Å². The van der Waals surface area contributed by atoms with Gasteiger partial charge in [-0.15, -0.1) is 0 Å². The van der Waals surface area contributed by atoms with Gasteiger partial charge in [0.25, 0.3) is 0 Å². The average molecular weight is 391 g/mol. The largest absolute Gasteiger partial charge is 0.416 e. The van der Waals surface area contributed by atoms with Crippen molar-refractivity contribution in [2.75, 3.05) is 0 Å². The van der Waals surface area contributed by atoms with Gasteiger partial charge in [-0.1, -0.05) is 60.7 Å². The van der Waals surface area contributed by atoms with Crippen molar-refractivity contribution in [3.63, 3.8) is 0 Å². The number of hydrogen-bond donors (Lipinski definition) is 1. The Morgan fingerprint density at radius 2 is 1.15 bits per heavy atom. The molecule has 0 aliphatic rings. The third kappa shape index (κ3) is 4.56. The minimum absolute atomic E-state index is 0.229. The molecular formula is C20H16F3NO2S. The van der Waals surface area contributed by atoms with Gasteiger partial charge in [0.1, 0.15) is 0 Å². The molecule has 3 nitrogen and oxygen atoms in total. The molecule has 0 amide bonds. The maximum atomic E-state index is 12.8. The molecule has 27 heavy (non-hydrogen) atoms. The van der Waals surface area contributed by atoms with E-state index in [9.17, 15) is 21.6 Å². The summed E-state index contributed by atoms with van der Waals surface area (Å²) in [6.45, 7) is 0. The van der Waals surface area contributed by atoms with E-state index in [2.05, 4.69) is 4.72 Å². The minimum Gasteiger partial charge on any atom is -0.207 e. The maximum absolute atomic E-state index is 12.8. The third-order valence-electron chi connectivity index (χ3n) is 4.03. The lowest BCUT2D eigenvalue weighted by atomic mass is 10.00. The summed E-state index contributed by atoms with van der Waals surface area (Å²) in [4.78, 5) is -0.229. The Bertz CT molecular complexity index is 947. The molecule has 0 aromatic heterocycles. The molecule has 0 atom stereocenters. The molecule has 7 heteroatoms. The smallest absolute Gasteiger partial charge is 0.207 e. The first-order valence-electron chi connectivity index (χ1n) is 8.07. The number of sulfonamides is 1. The Morgan fingerprint density at radius 3 is 1.56 bits per heavy atom. The van der Waals surface area contributed by atoms with Crippen LogP contribution in [-0.2, 0) is 16.2 Å². The van der Waals surface area contributed by atoms with Crippen LogP contribution >= 0.6 is 0 Å². The average Bonchev–Trinajstić information content (AvgIpc) is 2.67. The zero-order chi connectivity index (χ0) is 19.5. The van der Waals surface area contributed by atoms with Gasteiger partial charge < -0.3 is 0 Å². The van der Waals surface area contributed by atoms with Crippen molar-refractivity contribution in [3.05, 3.63) is 102 Å². The molecule has 3 aromatic rings. The Balaban J connectivity index is 1.95. The first-order valence-corrected chi connectivity index (χ1v) is 9.55. The number of nitrogens with one attached hydrogen (secondary N) is 1. The molecule has 0 heterocycles. The highest BCUT2D eigenvalue weighted by atomic mass is 32.2. The molecule has 0 unspecified atom stereocenters. The van der Waals surface area contributed by atoms with E-state index in [-0.39, 0.29) is 4.90 Å². The topological polar surface area (TPSA) is 46.2 Å². The molecule has 1 N–H and O–H groups in total. The van der Waals surface area contributed by atoms with Crippen LogP contribution < -0.4 is 4.72 Å². The van der Waals surface area contributed by atoms with Crippen LogP contribution in [0.1, 0.15) is 22.7 Å². The molecule has 0 bridgehead atoms. The van der Waals surface area contributed by atoms with E-state index in [4.69, 9.17) is 0 Å². The summed E-state index contributed by atoms with van der Waals surface area (Å²) in [5, 5.41) is 0. The molecule has 3 rings (SSSR count). The summed E-state index contributed by atoms with van der Waals surface area (Å²) < 4.78 is 66.2. The zero-order valence-corrected chi connectivity index (χ0v) is 14.8. The molecule has 0 fully saturated rings. The lowest BCUT2D eigenvalue weighted by Crippen LogP contribution is -2.29. The summed E-state index contributed by atoms with van der Waals surface area (Å²) in [7, 11) is -4.04. The van der Waals surface area contributed by atoms with Crippen molar-refractivity contribution < 1.29 is 21.6 Å². The van der Waals surface area contributed by atoms with Crippen LogP contribution in [-0.4, -0.2) is 8.42 Å². The van der Waals surface area contributed by atoms with Crippen molar-refractivity contribution in [2.45, 2.75) is 17.1 Å². The van der Waals surface area contributed by atoms with Crippen molar-refractivity contribution in [3.8, 4) is 0 Å². The summed E-state index contributed by atoms with van der Waals surface area (Å²) >= 11 is 0. The standard InChI is InChI=1S/C20H16F3NO2S/c21-20(22,23)17-11-13-18(14-12-17)27(25,26)24-19(15-7-3-1-4-8-15)16-9-5-2-6-10-16/h1-14,19,24H. The molecule has 0 aliphatic heterocycles. The lowest BCUT2D eigenvalue weighted by Gasteiger charge is -2.20. The first kappa shape index (κ1) is 19.1. The van der Waals surface area contributed by atoms with Gasteiger partial charge in [-0.05, 0) is 35.4 Å². The molecule has 0 saturated carbocycles. The number of benzene rings is 3. The predicted molar refractivity (Wildman–Crippen MR) is 96.5 cm³/mol. The van der Waals surface area contributed by atoms with Gasteiger partial charge in [0.05, 0.1) is 16.5 Å². The van der Waals surface area contributed by atoms with E-state index >= 15 is 0 Å². The Morgan fingerprint density at radius 1 is 0.704 bits per heavy atom. The fraction of sp³-hybridized carbons (Fsp3) is 0.100. The molecule has 0 aliphatic carbocycles. The van der Waals surface area contributed by atoms with E-state index in [1.54, 1.807) is 48.5 Å². The van der Waals surface area contributed by atoms with Crippen molar-refractivity contribution in [1.82, 2.24) is 4.72 Å². The first-order chi connectivity index (χ1) is 12.8. The third-order valence-corrected chi connectivity index (χ3v) is 5.47. The normalized spacial score (nSPS) is 12.3. The van der Waals surface area contributed by atoms with Crippen LogP contribution in [0, 0.1) is 0 Å². The lowest BCUT2D eigenvalue weighted by molar-refractivity contribution is -0.137. The van der Waals surface area contributed by atoms with E-state index in [1.165, 1.54) is 0 Å². The summed E-state index contributed by atoms with van der Waals surface area (Å²) in [5.41, 5.74) is 0.544. The zero-order valence-electron chi connectivity index (χ0n) is 14.0. The van der Waals surface area contributed by atoms with E-state index < -0.39 is 27.8 Å². The molecule has 0 spiro atoms. The van der Waals surface area contributed by atoms with Crippen LogP contribution in [0.4, 0.5) is 13.2 Å². The number of halogens is 3.